The Kier molecular flexibility index (Phi) is 7.99. The van der Waals surface area contributed by atoms with E-state index < -0.39 is 16.1 Å². The van der Waals surface area contributed by atoms with E-state index in [1.54, 1.807) is 60.4 Å². The van der Waals surface area contributed by atoms with Crippen molar-refractivity contribution >= 4 is 38.9 Å². The monoisotopic (exact) mass is 561 g/mol. The smallest absolute Gasteiger partial charge is 0.264 e. The molecule has 4 aromatic rings. The fourth-order valence-corrected chi connectivity index (χ4v) is 5.80. The van der Waals surface area contributed by atoms with E-state index in [1.807, 2.05) is 0 Å². The number of methoxy groups -OCH3 is 2. The fourth-order valence-electron chi connectivity index (χ4n) is 3.92. The Balaban J connectivity index is 1.92. The quantitative estimate of drug-likeness (QED) is 0.301. The summed E-state index contributed by atoms with van der Waals surface area (Å²) in [6, 6.07) is 15.8. The minimum Gasteiger partial charge on any atom is -0.493 e. The van der Waals surface area contributed by atoms with Crippen molar-refractivity contribution in [3.63, 3.8) is 0 Å². The predicted octanol–water partition coefficient (Wildman–Crippen LogP) is 5.22. The molecule has 1 unspecified atom stereocenters. The van der Waals surface area contributed by atoms with Gasteiger partial charge in [0.05, 0.1) is 31.3 Å². The lowest BCUT2D eigenvalue weighted by Gasteiger charge is -2.28. The van der Waals surface area contributed by atoms with E-state index in [0.717, 1.165) is 0 Å². The number of aliphatic hydroxyl groups excluding tert-OH is 1. The zero-order chi connectivity index (χ0) is 26.7. The van der Waals surface area contributed by atoms with Gasteiger partial charge in [0.25, 0.3) is 10.0 Å². The van der Waals surface area contributed by atoms with Gasteiger partial charge in [0.1, 0.15) is 11.9 Å². The summed E-state index contributed by atoms with van der Waals surface area (Å²) in [5, 5.41) is 12.0. The maximum atomic E-state index is 14.2. The number of anilines is 1. The molecule has 3 aromatic carbocycles. The van der Waals surface area contributed by atoms with Crippen LogP contribution in [0, 0.1) is 0 Å². The van der Waals surface area contributed by atoms with Crippen LogP contribution in [0.1, 0.15) is 23.1 Å². The standard InChI is InChI=1S/C26H25Cl2N3O5S/c1-30-13-12-29-25(30)16-31(37(33,34)18-9-11-23(35-2)24(15-18)36-3)22-10-8-17(27)14-20(22)26(32)19-6-4-5-7-21(19)28/h4-15,26,32H,16H2,1-3H3. The molecule has 0 aliphatic heterocycles. The normalized spacial score (nSPS) is 12.3. The van der Waals surface area contributed by atoms with Gasteiger partial charge in [0.2, 0.25) is 0 Å². The number of hydrogen-bond donors (Lipinski definition) is 1. The van der Waals surface area contributed by atoms with Crippen molar-refractivity contribution < 1.29 is 23.0 Å². The van der Waals surface area contributed by atoms with E-state index in [0.29, 0.717) is 27.2 Å². The van der Waals surface area contributed by atoms with Crippen molar-refractivity contribution in [2.45, 2.75) is 17.5 Å². The van der Waals surface area contributed by atoms with Crippen LogP contribution >= 0.6 is 23.2 Å². The Bertz CT molecular complexity index is 1520. The third-order valence-electron chi connectivity index (χ3n) is 5.90. The van der Waals surface area contributed by atoms with Gasteiger partial charge in [-0.1, -0.05) is 41.4 Å². The van der Waals surface area contributed by atoms with Crippen LogP contribution in [0.15, 0.2) is 78.0 Å². The van der Waals surface area contributed by atoms with Crippen LogP contribution in [0.2, 0.25) is 10.0 Å². The molecule has 1 aromatic heterocycles. The fraction of sp³-hybridized carbons (Fsp3) is 0.192. The Morgan fingerprint density at radius 1 is 1.00 bits per heavy atom. The lowest BCUT2D eigenvalue weighted by Crippen LogP contribution is -2.33. The molecule has 0 fully saturated rings. The number of nitrogens with zero attached hydrogens (tertiary/aromatic N) is 3. The van der Waals surface area contributed by atoms with Crippen molar-refractivity contribution in [1.29, 1.82) is 0 Å². The highest BCUT2D eigenvalue weighted by Crippen LogP contribution is 2.39. The number of aliphatic hydroxyl groups is 1. The third kappa shape index (κ3) is 5.40. The van der Waals surface area contributed by atoms with E-state index in [-0.39, 0.29) is 28.4 Å². The summed E-state index contributed by atoms with van der Waals surface area (Å²) >= 11 is 12.7. The number of sulfonamides is 1. The Morgan fingerprint density at radius 3 is 2.38 bits per heavy atom. The van der Waals surface area contributed by atoms with Crippen molar-refractivity contribution in [2.75, 3.05) is 18.5 Å². The topological polar surface area (TPSA) is 93.9 Å². The molecule has 0 spiro atoms. The highest BCUT2D eigenvalue weighted by atomic mass is 35.5. The minimum absolute atomic E-state index is 0.0347. The second-order valence-electron chi connectivity index (χ2n) is 8.11. The van der Waals surface area contributed by atoms with Gasteiger partial charge in [-0.15, -0.1) is 0 Å². The zero-order valence-corrected chi connectivity index (χ0v) is 22.6. The van der Waals surface area contributed by atoms with E-state index in [4.69, 9.17) is 32.7 Å². The van der Waals surface area contributed by atoms with Crippen LogP contribution in [0.3, 0.4) is 0 Å². The molecule has 1 atom stereocenters. The number of benzene rings is 3. The van der Waals surface area contributed by atoms with Crippen molar-refractivity contribution in [1.82, 2.24) is 9.55 Å². The van der Waals surface area contributed by atoms with E-state index in [9.17, 15) is 13.5 Å². The first-order valence-corrected chi connectivity index (χ1v) is 13.3. The number of ether oxygens (including phenoxy) is 2. The van der Waals surface area contributed by atoms with Crippen LogP contribution in [0.25, 0.3) is 0 Å². The average Bonchev–Trinajstić information content (AvgIpc) is 3.31. The second kappa shape index (κ2) is 11.0. The summed E-state index contributed by atoms with van der Waals surface area (Å²) in [6.07, 6.45) is 2.04. The maximum Gasteiger partial charge on any atom is 0.264 e. The van der Waals surface area contributed by atoms with Crippen LogP contribution < -0.4 is 13.8 Å². The van der Waals surface area contributed by atoms with E-state index >= 15 is 0 Å². The van der Waals surface area contributed by atoms with Gasteiger partial charge in [-0.05, 0) is 36.4 Å². The van der Waals surface area contributed by atoms with E-state index in [1.165, 1.54) is 42.8 Å². The number of hydrogen-bond acceptors (Lipinski definition) is 6. The van der Waals surface area contributed by atoms with Gasteiger partial charge in [-0.25, -0.2) is 13.4 Å². The van der Waals surface area contributed by atoms with Crippen molar-refractivity contribution in [2.24, 2.45) is 7.05 Å². The van der Waals surface area contributed by atoms with Gasteiger partial charge in [-0.3, -0.25) is 4.31 Å². The highest BCUT2D eigenvalue weighted by molar-refractivity contribution is 7.92. The molecule has 37 heavy (non-hydrogen) atoms. The third-order valence-corrected chi connectivity index (χ3v) is 8.24. The van der Waals surface area contributed by atoms with Crippen LogP contribution in [-0.2, 0) is 23.6 Å². The Labute approximate surface area is 225 Å². The summed E-state index contributed by atoms with van der Waals surface area (Å²) in [7, 11) is 0.456. The summed E-state index contributed by atoms with van der Waals surface area (Å²) in [4.78, 5) is 4.28. The van der Waals surface area contributed by atoms with Gasteiger partial charge >= 0.3 is 0 Å². The van der Waals surface area contributed by atoms with Gasteiger partial charge in [0, 0.05) is 46.7 Å². The van der Waals surface area contributed by atoms with Gasteiger partial charge in [-0.2, -0.15) is 0 Å². The number of imidazole rings is 1. The van der Waals surface area contributed by atoms with Crippen molar-refractivity contribution in [3.8, 4) is 11.5 Å². The Hall–Kier alpha value is -3.24. The lowest BCUT2D eigenvalue weighted by molar-refractivity contribution is 0.221. The first kappa shape index (κ1) is 26.8. The minimum atomic E-state index is -4.21. The lowest BCUT2D eigenvalue weighted by atomic mass is 9.99. The second-order valence-corrected chi connectivity index (χ2v) is 10.8. The molecule has 0 amide bonds. The van der Waals surface area contributed by atoms with Gasteiger partial charge in [0.15, 0.2) is 11.5 Å². The molecule has 0 radical (unpaired) electrons. The molecular formula is C26H25Cl2N3O5S. The molecular weight excluding hydrogens is 537 g/mol. The summed E-state index contributed by atoms with van der Waals surface area (Å²) in [5.41, 5.74) is 0.890. The first-order chi connectivity index (χ1) is 17.7. The largest absolute Gasteiger partial charge is 0.493 e. The van der Waals surface area contributed by atoms with Gasteiger partial charge < -0.3 is 19.1 Å². The summed E-state index contributed by atoms with van der Waals surface area (Å²) in [6.45, 7) is -0.121. The molecule has 0 bridgehead atoms. The molecule has 1 heterocycles. The molecule has 8 nitrogen and oxygen atoms in total. The summed E-state index contributed by atoms with van der Waals surface area (Å²) < 4.78 is 41.8. The predicted molar refractivity (Wildman–Crippen MR) is 143 cm³/mol. The molecule has 4 rings (SSSR count). The molecule has 1 N–H and O–H groups in total. The molecule has 0 saturated carbocycles. The molecule has 194 valence electrons. The molecule has 0 aliphatic carbocycles. The average molecular weight is 562 g/mol. The molecule has 0 aliphatic rings. The molecule has 0 saturated heterocycles. The SMILES string of the molecule is COc1ccc(S(=O)(=O)N(Cc2nccn2C)c2ccc(Cl)cc2C(O)c2ccccc2Cl)cc1OC. The Morgan fingerprint density at radius 2 is 1.73 bits per heavy atom. The van der Waals surface area contributed by atoms with Crippen molar-refractivity contribution in [3.05, 3.63) is 100 Å². The summed E-state index contributed by atoms with van der Waals surface area (Å²) in [5.74, 6) is 1.13. The number of aromatic nitrogens is 2. The number of halogens is 2. The van der Waals surface area contributed by atoms with Crippen LogP contribution in [0.4, 0.5) is 5.69 Å². The zero-order valence-electron chi connectivity index (χ0n) is 20.3. The number of rotatable bonds is 9. The highest BCUT2D eigenvalue weighted by Gasteiger charge is 2.31. The number of aryl methyl sites for hydroxylation is 1. The first-order valence-electron chi connectivity index (χ1n) is 11.1. The maximum absolute atomic E-state index is 14.2. The van der Waals surface area contributed by atoms with Crippen LogP contribution in [-0.4, -0.2) is 37.3 Å². The van der Waals surface area contributed by atoms with E-state index in [2.05, 4.69) is 4.98 Å². The molecule has 11 heteroatoms. The van der Waals surface area contributed by atoms with Crippen LogP contribution in [0.5, 0.6) is 11.5 Å².